The van der Waals surface area contributed by atoms with Gasteiger partial charge in [-0.15, -0.1) is 0 Å². The number of nitrogens with zero attached hydrogens (tertiary/aromatic N) is 2. The van der Waals surface area contributed by atoms with Crippen LogP contribution in [0.2, 0.25) is 5.02 Å². The van der Waals surface area contributed by atoms with Gasteiger partial charge >= 0.3 is 0 Å². The van der Waals surface area contributed by atoms with Crippen LogP contribution in [0.1, 0.15) is 22.9 Å². The third-order valence-corrected chi connectivity index (χ3v) is 6.05. The van der Waals surface area contributed by atoms with Gasteiger partial charge in [0, 0.05) is 24.0 Å². The summed E-state index contributed by atoms with van der Waals surface area (Å²) in [7, 11) is -3.53. The molecule has 0 N–H and O–H groups in total. The molecular weight excluding hydrogens is 312 g/mol. The molecule has 0 unspecified atom stereocenters. The minimum absolute atomic E-state index is 0.180. The SMILES string of the molecule is Cc1noc(C)c1S(=O)(=O)N1CC(c2cccc(Cl)c2)C1. The quantitative estimate of drug-likeness (QED) is 0.870. The molecule has 1 fully saturated rings. The average Bonchev–Trinajstić information content (AvgIpc) is 2.67. The van der Waals surface area contributed by atoms with Crippen LogP contribution in [0.4, 0.5) is 0 Å². The lowest BCUT2D eigenvalue weighted by Crippen LogP contribution is -2.48. The maximum Gasteiger partial charge on any atom is 0.248 e. The van der Waals surface area contributed by atoms with Crippen LogP contribution >= 0.6 is 11.6 Å². The highest BCUT2D eigenvalue weighted by Gasteiger charge is 2.40. The predicted octanol–water partition coefficient (Wildman–Crippen LogP) is 2.73. The first kappa shape index (κ1) is 14.6. The topological polar surface area (TPSA) is 63.4 Å². The highest BCUT2D eigenvalue weighted by Crippen LogP contribution is 2.34. The summed E-state index contributed by atoms with van der Waals surface area (Å²) in [6, 6.07) is 7.54. The number of hydrogen-bond donors (Lipinski definition) is 0. The van der Waals surface area contributed by atoms with Crippen molar-refractivity contribution in [3.05, 3.63) is 46.3 Å². The second kappa shape index (κ2) is 5.12. The van der Waals surface area contributed by atoms with E-state index in [0.29, 0.717) is 29.6 Å². The molecule has 0 radical (unpaired) electrons. The molecule has 0 aliphatic carbocycles. The summed E-state index contributed by atoms with van der Waals surface area (Å²) < 4.78 is 31.5. The lowest BCUT2D eigenvalue weighted by atomic mass is 9.94. The number of hydrogen-bond acceptors (Lipinski definition) is 4. The van der Waals surface area contributed by atoms with E-state index in [0.717, 1.165) is 5.56 Å². The third-order valence-electron chi connectivity index (χ3n) is 3.73. The number of benzene rings is 1. The van der Waals surface area contributed by atoms with Crippen LogP contribution in [0.25, 0.3) is 0 Å². The fraction of sp³-hybridized carbons (Fsp3) is 0.357. The molecule has 0 saturated carbocycles. The first-order chi connectivity index (χ1) is 9.89. The molecule has 7 heteroatoms. The Labute approximate surface area is 128 Å². The van der Waals surface area contributed by atoms with Crippen molar-refractivity contribution in [3.63, 3.8) is 0 Å². The molecule has 0 spiro atoms. The minimum Gasteiger partial charge on any atom is -0.360 e. The Kier molecular flexibility index (Phi) is 3.55. The van der Waals surface area contributed by atoms with Gasteiger partial charge in [-0.2, -0.15) is 4.31 Å². The lowest BCUT2D eigenvalue weighted by Gasteiger charge is -2.38. The van der Waals surface area contributed by atoms with Crippen molar-refractivity contribution in [2.24, 2.45) is 0 Å². The van der Waals surface area contributed by atoms with E-state index in [1.54, 1.807) is 13.8 Å². The largest absolute Gasteiger partial charge is 0.360 e. The maximum absolute atomic E-state index is 12.6. The molecule has 1 aromatic carbocycles. The van der Waals surface area contributed by atoms with Gasteiger partial charge in [0.05, 0.1) is 0 Å². The number of aryl methyl sites for hydroxylation is 2. The summed E-state index contributed by atoms with van der Waals surface area (Å²) >= 11 is 5.97. The highest BCUT2D eigenvalue weighted by molar-refractivity contribution is 7.89. The van der Waals surface area contributed by atoms with Crippen molar-refractivity contribution in [1.29, 1.82) is 0 Å². The normalized spacial score (nSPS) is 16.9. The number of rotatable bonds is 3. The predicted molar refractivity (Wildman–Crippen MR) is 78.9 cm³/mol. The van der Waals surface area contributed by atoms with Gasteiger partial charge < -0.3 is 4.52 Å². The van der Waals surface area contributed by atoms with Gasteiger partial charge in [-0.25, -0.2) is 8.42 Å². The monoisotopic (exact) mass is 326 g/mol. The van der Waals surface area contributed by atoms with Crippen LogP contribution < -0.4 is 0 Å². The molecule has 2 heterocycles. The van der Waals surface area contributed by atoms with Gasteiger partial charge in [0.25, 0.3) is 0 Å². The number of sulfonamides is 1. The van der Waals surface area contributed by atoms with Crippen molar-refractivity contribution in [1.82, 2.24) is 9.46 Å². The molecule has 1 aromatic heterocycles. The molecule has 1 saturated heterocycles. The van der Waals surface area contributed by atoms with Crippen molar-refractivity contribution in [2.45, 2.75) is 24.7 Å². The summed E-state index contributed by atoms with van der Waals surface area (Å²) in [5, 5.41) is 4.38. The maximum atomic E-state index is 12.6. The van der Waals surface area contributed by atoms with Gasteiger partial charge in [-0.1, -0.05) is 28.9 Å². The van der Waals surface area contributed by atoms with E-state index in [4.69, 9.17) is 16.1 Å². The van der Waals surface area contributed by atoms with E-state index in [2.05, 4.69) is 5.16 Å². The Morgan fingerprint density at radius 1 is 1.33 bits per heavy atom. The molecule has 5 nitrogen and oxygen atoms in total. The molecule has 3 rings (SSSR count). The molecule has 21 heavy (non-hydrogen) atoms. The van der Waals surface area contributed by atoms with Crippen molar-refractivity contribution in [2.75, 3.05) is 13.1 Å². The average molecular weight is 327 g/mol. The zero-order valence-corrected chi connectivity index (χ0v) is 13.3. The first-order valence-electron chi connectivity index (χ1n) is 6.58. The summed E-state index contributed by atoms with van der Waals surface area (Å²) in [6.07, 6.45) is 0. The van der Waals surface area contributed by atoms with E-state index in [1.807, 2.05) is 24.3 Å². The molecule has 112 valence electrons. The molecule has 1 aliphatic heterocycles. The van der Waals surface area contributed by atoms with E-state index >= 15 is 0 Å². The van der Waals surface area contributed by atoms with E-state index in [1.165, 1.54) is 4.31 Å². The standard InChI is InChI=1S/C14H15ClN2O3S/c1-9-14(10(2)20-16-9)21(18,19)17-7-12(8-17)11-4-3-5-13(15)6-11/h3-6,12H,7-8H2,1-2H3. The Morgan fingerprint density at radius 3 is 2.62 bits per heavy atom. The smallest absolute Gasteiger partial charge is 0.248 e. The molecular formula is C14H15ClN2O3S. The van der Waals surface area contributed by atoms with Crippen LogP contribution in [-0.2, 0) is 10.0 Å². The van der Waals surface area contributed by atoms with Gasteiger partial charge in [0.1, 0.15) is 10.6 Å². The Bertz CT molecular complexity index is 760. The minimum atomic E-state index is -3.53. The fourth-order valence-electron chi connectivity index (χ4n) is 2.58. The highest BCUT2D eigenvalue weighted by atomic mass is 35.5. The van der Waals surface area contributed by atoms with Crippen LogP contribution in [0.5, 0.6) is 0 Å². The van der Waals surface area contributed by atoms with Crippen molar-refractivity contribution < 1.29 is 12.9 Å². The van der Waals surface area contributed by atoms with E-state index < -0.39 is 10.0 Å². The van der Waals surface area contributed by atoms with Gasteiger partial charge in [0.15, 0.2) is 5.76 Å². The summed E-state index contributed by atoms with van der Waals surface area (Å²) in [5.41, 5.74) is 1.46. The molecule has 1 aliphatic rings. The second-order valence-corrected chi connectivity index (χ2v) is 7.54. The van der Waals surface area contributed by atoms with Crippen LogP contribution in [0, 0.1) is 13.8 Å². The number of aromatic nitrogens is 1. The summed E-state index contributed by atoms with van der Waals surface area (Å²) in [4.78, 5) is 0.187. The first-order valence-corrected chi connectivity index (χ1v) is 8.40. The van der Waals surface area contributed by atoms with Gasteiger partial charge in [-0.3, -0.25) is 0 Å². The van der Waals surface area contributed by atoms with Crippen LogP contribution in [0.15, 0.2) is 33.7 Å². The Morgan fingerprint density at radius 2 is 2.05 bits per heavy atom. The molecule has 0 atom stereocenters. The second-order valence-electron chi connectivity index (χ2n) is 5.23. The van der Waals surface area contributed by atoms with Gasteiger partial charge in [0.2, 0.25) is 10.0 Å². The van der Waals surface area contributed by atoms with Gasteiger partial charge in [-0.05, 0) is 31.5 Å². The number of halogens is 1. The van der Waals surface area contributed by atoms with Crippen molar-refractivity contribution in [3.8, 4) is 0 Å². The lowest BCUT2D eigenvalue weighted by molar-refractivity contribution is 0.263. The molecule has 0 amide bonds. The van der Waals surface area contributed by atoms with E-state index in [-0.39, 0.29) is 10.8 Å². The summed E-state index contributed by atoms with van der Waals surface area (Å²) in [6.45, 7) is 4.15. The Balaban J connectivity index is 1.80. The zero-order valence-electron chi connectivity index (χ0n) is 11.7. The fourth-order valence-corrected chi connectivity index (χ4v) is 4.60. The van der Waals surface area contributed by atoms with Crippen LogP contribution in [0.3, 0.4) is 0 Å². The van der Waals surface area contributed by atoms with Crippen LogP contribution in [-0.4, -0.2) is 31.0 Å². The third kappa shape index (κ3) is 2.47. The Hall–Kier alpha value is -1.37. The van der Waals surface area contributed by atoms with E-state index in [9.17, 15) is 8.42 Å². The van der Waals surface area contributed by atoms with Crippen molar-refractivity contribution >= 4 is 21.6 Å². The molecule has 0 bridgehead atoms. The zero-order chi connectivity index (χ0) is 15.2. The summed E-state index contributed by atoms with van der Waals surface area (Å²) in [5.74, 6) is 0.512. The molecule has 2 aromatic rings.